The Labute approximate surface area is 113 Å². The highest BCUT2D eigenvalue weighted by molar-refractivity contribution is 6.30. The van der Waals surface area contributed by atoms with Gasteiger partial charge in [0.2, 0.25) is 5.82 Å². The van der Waals surface area contributed by atoms with Crippen LogP contribution in [0.25, 0.3) is 0 Å². The van der Waals surface area contributed by atoms with Crippen LogP contribution in [0.4, 0.5) is 11.5 Å². The zero-order chi connectivity index (χ0) is 14.0. The van der Waals surface area contributed by atoms with E-state index in [0.717, 1.165) is 0 Å². The number of rotatable bonds is 4. The molecule has 100 valence electrons. The van der Waals surface area contributed by atoms with Crippen LogP contribution >= 0.6 is 11.6 Å². The molecule has 0 aromatic carbocycles. The molecule has 1 atom stereocenters. The Morgan fingerprint density at radius 3 is 2.89 bits per heavy atom. The van der Waals surface area contributed by atoms with Crippen molar-refractivity contribution in [3.63, 3.8) is 0 Å². The van der Waals surface area contributed by atoms with Gasteiger partial charge in [-0.3, -0.25) is 10.1 Å². The number of aryl methyl sites for hydroxylation is 1. The fourth-order valence-electron chi connectivity index (χ4n) is 1.63. The van der Waals surface area contributed by atoms with E-state index >= 15 is 0 Å². The monoisotopic (exact) mass is 282 g/mol. The molecule has 19 heavy (non-hydrogen) atoms. The van der Waals surface area contributed by atoms with E-state index in [1.165, 1.54) is 12.3 Å². The van der Waals surface area contributed by atoms with Crippen LogP contribution in [-0.2, 0) is 7.05 Å². The summed E-state index contributed by atoms with van der Waals surface area (Å²) in [5, 5.41) is 21.8. The van der Waals surface area contributed by atoms with E-state index in [4.69, 9.17) is 11.6 Å². The molecule has 8 nitrogen and oxygen atoms in total. The topological polar surface area (TPSA) is 98.8 Å². The van der Waals surface area contributed by atoms with Gasteiger partial charge in [0.1, 0.15) is 6.33 Å². The zero-order valence-electron chi connectivity index (χ0n) is 10.2. The summed E-state index contributed by atoms with van der Waals surface area (Å²) in [6, 6.07) is 0.972. The molecule has 1 unspecified atom stereocenters. The van der Waals surface area contributed by atoms with Gasteiger partial charge < -0.3 is 9.88 Å². The summed E-state index contributed by atoms with van der Waals surface area (Å²) in [4.78, 5) is 14.3. The van der Waals surface area contributed by atoms with Crippen molar-refractivity contribution in [2.24, 2.45) is 7.05 Å². The van der Waals surface area contributed by atoms with Crippen molar-refractivity contribution in [1.82, 2.24) is 19.7 Å². The van der Waals surface area contributed by atoms with E-state index in [-0.39, 0.29) is 22.6 Å². The third kappa shape index (κ3) is 2.79. The van der Waals surface area contributed by atoms with Crippen LogP contribution < -0.4 is 5.32 Å². The summed E-state index contributed by atoms with van der Waals surface area (Å²) in [5.74, 6) is 0.788. The van der Waals surface area contributed by atoms with Gasteiger partial charge in [0.25, 0.3) is 0 Å². The maximum Gasteiger partial charge on any atom is 0.312 e. The van der Waals surface area contributed by atoms with Gasteiger partial charge in [0, 0.05) is 19.3 Å². The highest BCUT2D eigenvalue weighted by Gasteiger charge is 2.20. The van der Waals surface area contributed by atoms with Gasteiger partial charge in [-0.05, 0) is 6.92 Å². The average Bonchev–Trinajstić information content (AvgIpc) is 2.77. The molecule has 0 aliphatic rings. The molecular formula is C10H11ClN6O2. The molecule has 9 heteroatoms. The molecule has 0 bridgehead atoms. The van der Waals surface area contributed by atoms with E-state index in [0.29, 0.717) is 5.82 Å². The predicted molar refractivity (Wildman–Crippen MR) is 68.9 cm³/mol. The molecule has 0 spiro atoms. The molecule has 2 heterocycles. The second kappa shape index (κ2) is 5.19. The standard InChI is InChI=1S/C10H11ClN6O2/c1-6(10-15-13-5-16(10)2)14-9-8(17(18)19)3-7(11)4-12-9/h3-6H,1-2H3,(H,12,14). The number of hydrogen-bond donors (Lipinski definition) is 1. The van der Waals surface area contributed by atoms with E-state index in [1.54, 1.807) is 17.9 Å². The molecule has 0 fully saturated rings. The highest BCUT2D eigenvalue weighted by Crippen LogP contribution is 2.27. The van der Waals surface area contributed by atoms with Crippen LogP contribution in [0.5, 0.6) is 0 Å². The lowest BCUT2D eigenvalue weighted by molar-refractivity contribution is -0.384. The first kappa shape index (κ1) is 13.2. The molecule has 0 amide bonds. The Balaban J connectivity index is 2.29. The predicted octanol–water partition coefficient (Wildman–Crippen LogP) is 1.94. The molecular weight excluding hydrogens is 272 g/mol. The molecule has 0 radical (unpaired) electrons. The van der Waals surface area contributed by atoms with Crippen LogP contribution in [0.3, 0.4) is 0 Å². The molecule has 2 aromatic rings. The number of aromatic nitrogens is 4. The second-order valence-corrected chi connectivity index (χ2v) is 4.38. The van der Waals surface area contributed by atoms with Gasteiger partial charge in [0.05, 0.1) is 16.0 Å². The quantitative estimate of drug-likeness (QED) is 0.679. The van der Waals surface area contributed by atoms with Gasteiger partial charge in [0.15, 0.2) is 5.82 Å². The molecule has 0 aliphatic carbocycles. The number of halogens is 1. The molecule has 2 aromatic heterocycles. The Morgan fingerprint density at radius 2 is 2.32 bits per heavy atom. The Morgan fingerprint density at radius 1 is 1.58 bits per heavy atom. The van der Waals surface area contributed by atoms with Gasteiger partial charge in [-0.2, -0.15) is 0 Å². The minimum Gasteiger partial charge on any atom is -0.355 e. The minimum absolute atomic E-state index is 0.143. The van der Waals surface area contributed by atoms with Crippen molar-refractivity contribution in [3.8, 4) is 0 Å². The summed E-state index contributed by atoms with van der Waals surface area (Å²) >= 11 is 5.70. The molecule has 2 rings (SSSR count). The van der Waals surface area contributed by atoms with Crippen molar-refractivity contribution in [1.29, 1.82) is 0 Å². The van der Waals surface area contributed by atoms with Crippen LogP contribution in [0.2, 0.25) is 5.02 Å². The fourth-order valence-corrected chi connectivity index (χ4v) is 1.78. The Hall–Kier alpha value is -2.22. The van der Waals surface area contributed by atoms with Crippen molar-refractivity contribution in [2.75, 3.05) is 5.32 Å². The number of nitrogens with one attached hydrogen (secondary N) is 1. The van der Waals surface area contributed by atoms with Crippen LogP contribution in [0.1, 0.15) is 18.8 Å². The first-order valence-electron chi connectivity index (χ1n) is 5.39. The van der Waals surface area contributed by atoms with Gasteiger partial charge in [-0.15, -0.1) is 10.2 Å². The van der Waals surface area contributed by atoms with Crippen molar-refractivity contribution in [3.05, 3.63) is 39.6 Å². The maximum atomic E-state index is 10.9. The number of pyridine rings is 1. The number of hydrogen-bond acceptors (Lipinski definition) is 6. The van der Waals surface area contributed by atoms with Gasteiger partial charge >= 0.3 is 5.69 Å². The number of nitrogens with zero attached hydrogens (tertiary/aromatic N) is 5. The van der Waals surface area contributed by atoms with E-state index in [9.17, 15) is 10.1 Å². The zero-order valence-corrected chi connectivity index (χ0v) is 11.0. The SMILES string of the molecule is CC(Nc1ncc(Cl)cc1[N+](=O)[O-])c1nncn1C. The summed E-state index contributed by atoms with van der Waals surface area (Å²) in [7, 11) is 1.79. The van der Waals surface area contributed by atoms with Crippen molar-refractivity contribution in [2.45, 2.75) is 13.0 Å². The lowest BCUT2D eigenvalue weighted by atomic mass is 10.3. The van der Waals surface area contributed by atoms with E-state index in [1.807, 2.05) is 6.92 Å². The first-order valence-corrected chi connectivity index (χ1v) is 5.77. The summed E-state index contributed by atoms with van der Waals surface area (Å²) in [6.45, 7) is 1.81. The third-order valence-electron chi connectivity index (χ3n) is 2.52. The third-order valence-corrected chi connectivity index (χ3v) is 2.72. The number of nitro groups is 1. The van der Waals surface area contributed by atoms with Gasteiger partial charge in [-0.1, -0.05) is 11.6 Å². The molecule has 1 N–H and O–H groups in total. The molecule has 0 saturated heterocycles. The lowest BCUT2D eigenvalue weighted by Gasteiger charge is -2.13. The normalized spacial score (nSPS) is 12.2. The maximum absolute atomic E-state index is 10.9. The van der Waals surface area contributed by atoms with Crippen molar-refractivity contribution < 1.29 is 4.92 Å². The molecule has 0 aliphatic heterocycles. The van der Waals surface area contributed by atoms with Crippen LogP contribution in [0.15, 0.2) is 18.6 Å². The van der Waals surface area contributed by atoms with Crippen molar-refractivity contribution >= 4 is 23.1 Å². The first-order chi connectivity index (χ1) is 8.99. The summed E-state index contributed by atoms with van der Waals surface area (Å²) < 4.78 is 1.72. The highest BCUT2D eigenvalue weighted by atomic mass is 35.5. The average molecular weight is 283 g/mol. The van der Waals surface area contributed by atoms with Gasteiger partial charge in [-0.25, -0.2) is 4.98 Å². The molecule has 0 saturated carbocycles. The lowest BCUT2D eigenvalue weighted by Crippen LogP contribution is -2.13. The number of anilines is 1. The smallest absolute Gasteiger partial charge is 0.312 e. The van der Waals surface area contributed by atoms with E-state index in [2.05, 4.69) is 20.5 Å². The Bertz CT molecular complexity index is 614. The van der Waals surface area contributed by atoms with E-state index < -0.39 is 4.92 Å². The summed E-state index contributed by atoms with van der Waals surface area (Å²) in [5.41, 5.74) is -0.179. The van der Waals surface area contributed by atoms with Crippen LogP contribution in [-0.4, -0.2) is 24.7 Å². The fraction of sp³-hybridized carbons (Fsp3) is 0.300. The van der Waals surface area contributed by atoms with Crippen LogP contribution in [0, 0.1) is 10.1 Å². The Kier molecular flexibility index (Phi) is 3.61. The second-order valence-electron chi connectivity index (χ2n) is 3.94. The largest absolute Gasteiger partial charge is 0.355 e. The summed E-state index contributed by atoms with van der Waals surface area (Å²) in [6.07, 6.45) is 2.90. The minimum atomic E-state index is -0.537.